The fourth-order valence-corrected chi connectivity index (χ4v) is 5.32. The molecule has 2 bridgehead atoms. The molecule has 154 valence electrons. The van der Waals surface area contributed by atoms with Crippen LogP contribution in [-0.2, 0) is 14.3 Å². The van der Waals surface area contributed by atoms with Crippen LogP contribution in [0.25, 0.3) is 5.65 Å². The van der Waals surface area contributed by atoms with Gasteiger partial charge in [0.2, 0.25) is 5.91 Å². The summed E-state index contributed by atoms with van der Waals surface area (Å²) in [5.74, 6) is 0.408. The summed E-state index contributed by atoms with van der Waals surface area (Å²) in [6.45, 7) is 2.31. The topological polar surface area (TPSA) is 98.1 Å². The Kier molecular flexibility index (Phi) is 4.51. The molecule has 2 aromatic heterocycles. The van der Waals surface area contributed by atoms with Crippen LogP contribution in [0.3, 0.4) is 0 Å². The van der Waals surface area contributed by atoms with Gasteiger partial charge in [0, 0.05) is 32.0 Å². The number of amides is 2. The minimum absolute atomic E-state index is 0.114. The molecule has 0 saturated carbocycles. The Morgan fingerprint density at radius 2 is 2.31 bits per heavy atom. The maximum absolute atomic E-state index is 12.8. The van der Waals surface area contributed by atoms with Crippen molar-refractivity contribution in [2.24, 2.45) is 11.8 Å². The van der Waals surface area contributed by atoms with Crippen LogP contribution in [0.2, 0.25) is 0 Å². The molecule has 0 aromatic carbocycles. The van der Waals surface area contributed by atoms with E-state index in [4.69, 9.17) is 9.47 Å². The normalized spacial score (nSPS) is 30.1. The van der Waals surface area contributed by atoms with E-state index in [0.717, 1.165) is 12.8 Å². The molecule has 9 heteroatoms. The van der Waals surface area contributed by atoms with Crippen LogP contribution in [-0.4, -0.2) is 76.4 Å². The first kappa shape index (κ1) is 18.5. The van der Waals surface area contributed by atoms with Crippen molar-refractivity contribution in [3.63, 3.8) is 0 Å². The summed E-state index contributed by atoms with van der Waals surface area (Å²) in [6.07, 6.45) is 3.95. The van der Waals surface area contributed by atoms with Crippen molar-refractivity contribution in [1.29, 1.82) is 0 Å². The molecule has 0 radical (unpaired) electrons. The quantitative estimate of drug-likeness (QED) is 0.760. The summed E-state index contributed by atoms with van der Waals surface area (Å²) in [7, 11) is 1.61. The molecule has 2 amide bonds. The Morgan fingerprint density at radius 3 is 3.17 bits per heavy atom. The average molecular weight is 399 g/mol. The number of hydrogen-bond donors (Lipinski definition) is 1. The summed E-state index contributed by atoms with van der Waals surface area (Å²) in [5.41, 5.74) is 0.858. The van der Waals surface area contributed by atoms with Crippen LogP contribution >= 0.6 is 0 Å². The van der Waals surface area contributed by atoms with E-state index in [9.17, 15) is 9.59 Å². The average Bonchev–Trinajstić information content (AvgIpc) is 3.49. The number of hydrogen-bond acceptors (Lipinski definition) is 6. The molecule has 1 N–H and O–H groups in total. The number of fused-ring (bicyclic) bond motifs is 2. The van der Waals surface area contributed by atoms with Crippen LogP contribution in [0.4, 0.5) is 0 Å². The van der Waals surface area contributed by atoms with Gasteiger partial charge < -0.3 is 19.7 Å². The monoisotopic (exact) mass is 399 g/mol. The van der Waals surface area contributed by atoms with Gasteiger partial charge in [-0.15, -0.1) is 0 Å². The standard InChI is InChI=1S/C20H25N5O4/c1-28-8-6-18(26)24-10-14-13(16-5-7-20(14,11-24)29-16)9-21-19(27)15-3-2-4-17-22-12-23-25(15)17/h2-4,12-14,16H,5-11H2,1H3,(H,21,27)/t13-,14+,16+,20+/m0/s1. The van der Waals surface area contributed by atoms with Crippen LogP contribution in [0.1, 0.15) is 29.8 Å². The highest BCUT2D eigenvalue weighted by molar-refractivity contribution is 5.93. The lowest BCUT2D eigenvalue weighted by atomic mass is 9.73. The second kappa shape index (κ2) is 7.07. The third-order valence-electron chi connectivity index (χ3n) is 6.69. The fraction of sp³-hybridized carbons (Fsp3) is 0.600. The number of nitrogens with zero attached hydrogens (tertiary/aromatic N) is 4. The molecule has 3 aliphatic heterocycles. The zero-order valence-corrected chi connectivity index (χ0v) is 16.4. The smallest absolute Gasteiger partial charge is 0.270 e. The Hall–Kier alpha value is -2.52. The number of methoxy groups -OCH3 is 1. The van der Waals surface area contributed by atoms with Gasteiger partial charge in [0.1, 0.15) is 12.0 Å². The number of ether oxygens (including phenoxy) is 2. The molecule has 5 rings (SSSR count). The molecule has 1 spiro atoms. The first-order chi connectivity index (χ1) is 14.1. The van der Waals surface area contributed by atoms with Gasteiger partial charge in [-0.3, -0.25) is 9.59 Å². The zero-order valence-electron chi connectivity index (χ0n) is 16.4. The Balaban J connectivity index is 1.27. The van der Waals surface area contributed by atoms with Crippen molar-refractivity contribution in [3.05, 3.63) is 30.2 Å². The molecule has 9 nitrogen and oxygen atoms in total. The van der Waals surface area contributed by atoms with Gasteiger partial charge in [-0.05, 0) is 25.0 Å². The number of aromatic nitrogens is 3. The van der Waals surface area contributed by atoms with E-state index in [2.05, 4.69) is 15.4 Å². The Morgan fingerprint density at radius 1 is 1.41 bits per heavy atom. The molecule has 2 aromatic rings. The van der Waals surface area contributed by atoms with E-state index < -0.39 is 0 Å². The van der Waals surface area contributed by atoms with Gasteiger partial charge in [0.15, 0.2) is 5.65 Å². The highest BCUT2D eigenvalue weighted by Gasteiger charge is 2.63. The third kappa shape index (κ3) is 3.00. The molecule has 29 heavy (non-hydrogen) atoms. The van der Waals surface area contributed by atoms with Crippen LogP contribution in [0.15, 0.2) is 24.5 Å². The molecule has 3 fully saturated rings. The summed E-state index contributed by atoms with van der Waals surface area (Å²) in [5, 5.41) is 7.19. The lowest BCUT2D eigenvalue weighted by Crippen LogP contribution is -2.42. The molecule has 4 atom stereocenters. The van der Waals surface area contributed by atoms with Crippen molar-refractivity contribution < 1.29 is 19.1 Å². The first-order valence-electron chi connectivity index (χ1n) is 10.1. The minimum atomic E-state index is -0.241. The van der Waals surface area contributed by atoms with Crippen LogP contribution < -0.4 is 5.32 Å². The van der Waals surface area contributed by atoms with Crippen LogP contribution in [0.5, 0.6) is 0 Å². The van der Waals surface area contributed by atoms with Crippen LogP contribution in [0, 0.1) is 11.8 Å². The number of pyridine rings is 1. The maximum Gasteiger partial charge on any atom is 0.270 e. The summed E-state index contributed by atoms with van der Waals surface area (Å²) in [6, 6.07) is 5.35. The summed E-state index contributed by atoms with van der Waals surface area (Å²) in [4.78, 5) is 31.3. The summed E-state index contributed by atoms with van der Waals surface area (Å²) < 4.78 is 13.0. The number of carbonyl (C=O) groups is 2. The number of nitrogens with one attached hydrogen (secondary N) is 1. The van der Waals surface area contributed by atoms with Crippen molar-refractivity contribution in [2.45, 2.75) is 31.0 Å². The van der Waals surface area contributed by atoms with Crippen molar-refractivity contribution in [2.75, 3.05) is 33.4 Å². The molecular weight excluding hydrogens is 374 g/mol. The molecule has 3 aliphatic rings. The second-order valence-electron chi connectivity index (χ2n) is 8.20. The maximum atomic E-state index is 12.8. The van der Waals surface area contributed by atoms with E-state index in [1.54, 1.807) is 23.8 Å². The van der Waals surface area contributed by atoms with Gasteiger partial charge in [0.25, 0.3) is 5.91 Å². The largest absolute Gasteiger partial charge is 0.384 e. The van der Waals surface area contributed by atoms with Crippen molar-refractivity contribution >= 4 is 17.5 Å². The van der Waals surface area contributed by atoms with Gasteiger partial charge in [-0.1, -0.05) is 6.07 Å². The Labute approximate surface area is 168 Å². The molecule has 0 unspecified atom stereocenters. The highest BCUT2D eigenvalue weighted by atomic mass is 16.5. The van der Waals surface area contributed by atoms with Gasteiger partial charge >= 0.3 is 0 Å². The second-order valence-corrected chi connectivity index (χ2v) is 8.20. The fourth-order valence-electron chi connectivity index (χ4n) is 5.32. The predicted octanol–water partition coefficient (Wildman–Crippen LogP) is 0.502. The SMILES string of the molecule is COCCC(=O)N1C[C@@H]2[C@H](CNC(=O)c3cccc4ncnn34)[C@H]3CC[C@]2(C1)O3. The highest BCUT2D eigenvalue weighted by Crippen LogP contribution is 2.54. The lowest BCUT2D eigenvalue weighted by molar-refractivity contribution is -0.132. The Bertz CT molecular complexity index is 946. The van der Waals surface area contributed by atoms with E-state index in [0.29, 0.717) is 44.0 Å². The first-order valence-corrected chi connectivity index (χ1v) is 10.1. The van der Waals surface area contributed by atoms with Gasteiger partial charge in [0.05, 0.1) is 31.3 Å². The third-order valence-corrected chi connectivity index (χ3v) is 6.69. The van der Waals surface area contributed by atoms with E-state index in [1.165, 1.54) is 6.33 Å². The molecule has 5 heterocycles. The predicted molar refractivity (Wildman–Crippen MR) is 102 cm³/mol. The number of carbonyl (C=O) groups excluding carboxylic acids is 2. The zero-order chi connectivity index (χ0) is 20.0. The molecular formula is C20H25N5O4. The number of rotatable bonds is 6. The van der Waals surface area contributed by atoms with E-state index in [1.807, 2.05) is 11.0 Å². The number of likely N-dealkylation sites (tertiary alicyclic amines) is 1. The molecule has 0 aliphatic carbocycles. The minimum Gasteiger partial charge on any atom is -0.384 e. The molecule has 3 saturated heterocycles. The van der Waals surface area contributed by atoms with Gasteiger partial charge in [-0.2, -0.15) is 5.10 Å². The van der Waals surface area contributed by atoms with Gasteiger partial charge in [-0.25, -0.2) is 9.50 Å². The van der Waals surface area contributed by atoms with E-state index in [-0.39, 0.29) is 35.4 Å². The lowest BCUT2D eigenvalue weighted by Gasteiger charge is -2.29. The van der Waals surface area contributed by atoms with E-state index >= 15 is 0 Å². The summed E-state index contributed by atoms with van der Waals surface area (Å²) >= 11 is 0. The van der Waals surface area contributed by atoms with Crippen molar-refractivity contribution in [3.8, 4) is 0 Å². The van der Waals surface area contributed by atoms with Crippen molar-refractivity contribution in [1.82, 2.24) is 24.8 Å².